The van der Waals surface area contributed by atoms with Crippen LogP contribution in [0.15, 0.2) is 18.2 Å². The lowest BCUT2D eigenvalue weighted by molar-refractivity contribution is -0.135. The molecule has 160 valence electrons. The Morgan fingerprint density at radius 2 is 2.03 bits per heavy atom. The highest BCUT2D eigenvalue weighted by atomic mass is 35.5. The quantitative estimate of drug-likeness (QED) is 0.796. The lowest BCUT2D eigenvalue weighted by Crippen LogP contribution is -2.52. The SMILES string of the molecule is CN(C)CC(=O)N1CCCC2(CCCCCOc3ccc(Cl)cc3C(=O)NC2)C1. The first kappa shape index (κ1) is 21.9. The van der Waals surface area contributed by atoms with Crippen molar-refractivity contribution in [3.05, 3.63) is 28.8 Å². The highest BCUT2D eigenvalue weighted by molar-refractivity contribution is 6.31. The second-order valence-electron chi connectivity index (χ2n) is 8.64. The number of likely N-dealkylation sites (N-methyl/N-ethyl adjacent to an activating group) is 1. The van der Waals surface area contributed by atoms with Crippen LogP contribution in [0.5, 0.6) is 5.75 Å². The minimum atomic E-state index is -0.167. The van der Waals surface area contributed by atoms with Gasteiger partial charge in [0, 0.05) is 30.1 Å². The van der Waals surface area contributed by atoms with E-state index >= 15 is 0 Å². The number of likely N-dealkylation sites (tertiary alicyclic amines) is 1. The number of benzene rings is 1. The third kappa shape index (κ3) is 5.86. The fourth-order valence-corrected chi connectivity index (χ4v) is 4.53. The highest BCUT2D eigenvalue weighted by Crippen LogP contribution is 2.35. The van der Waals surface area contributed by atoms with Gasteiger partial charge in [-0.1, -0.05) is 24.4 Å². The first-order valence-corrected chi connectivity index (χ1v) is 10.9. The zero-order valence-corrected chi connectivity index (χ0v) is 18.3. The van der Waals surface area contributed by atoms with Gasteiger partial charge in [-0.25, -0.2) is 0 Å². The number of carbonyl (C=O) groups is 2. The summed E-state index contributed by atoms with van der Waals surface area (Å²) in [5.41, 5.74) is 0.402. The molecule has 1 atom stereocenters. The number of carbonyl (C=O) groups excluding carboxylic acids is 2. The summed E-state index contributed by atoms with van der Waals surface area (Å²) in [6, 6.07) is 5.18. The van der Waals surface area contributed by atoms with Gasteiger partial charge in [0.1, 0.15) is 5.75 Å². The lowest BCUT2D eigenvalue weighted by Gasteiger charge is -2.43. The number of rotatable bonds is 2. The molecule has 1 N–H and O–H groups in total. The van der Waals surface area contributed by atoms with E-state index in [1.807, 2.05) is 23.9 Å². The number of fused-ring (bicyclic) bond motifs is 1. The number of piperidine rings is 1. The summed E-state index contributed by atoms with van der Waals surface area (Å²) in [6.07, 6.45) is 6.09. The van der Waals surface area contributed by atoms with Gasteiger partial charge in [-0.15, -0.1) is 0 Å². The second-order valence-corrected chi connectivity index (χ2v) is 9.08. The van der Waals surface area contributed by atoms with Gasteiger partial charge < -0.3 is 19.9 Å². The molecular formula is C22H32ClN3O3. The number of ether oxygens (including phenoxy) is 1. The maximum absolute atomic E-state index is 12.9. The Morgan fingerprint density at radius 3 is 2.83 bits per heavy atom. The molecule has 0 saturated carbocycles. The fourth-order valence-electron chi connectivity index (χ4n) is 4.36. The molecule has 1 fully saturated rings. The molecule has 1 spiro atoms. The van der Waals surface area contributed by atoms with Crippen LogP contribution in [-0.2, 0) is 4.79 Å². The smallest absolute Gasteiger partial charge is 0.255 e. The molecule has 1 aromatic carbocycles. The zero-order chi connectivity index (χ0) is 20.9. The van der Waals surface area contributed by atoms with Crippen molar-refractivity contribution in [1.29, 1.82) is 0 Å². The molecule has 1 aromatic rings. The minimum absolute atomic E-state index is 0.0747. The van der Waals surface area contributed by atoms with E-state index in [1.54, 1.807) is 18.2 Å². The van der Waals surface area contributed by atoms with Crippen LogP contribution in [0.2, 0.25) is 5.02 Å². The van der Waals surface area contributed by atoms with Crippen molar-refractivity contribution in [2.45, 2.75) is 38.5 Å². The number of nitrogens with one attached hydrogen (secondary N) is 1. The summed E-state index contributed by atoms with van der Waals surface area (Å²) in [7, 11) is 3.83. The van der Waals surface area contributed by atoms with Crippen LogP contribution in [-0.4, -0.2) is 68.5 Å². The second kappa shape index (κ2) is 9.81. The van der Waals surface area contributed by atoms with Crippen LogP contribution in [0.3, 0.4) is 0 Å². The molecule has 0 aromatic heterocycles. The van der Waals surface area contributed by atoms with Gasteiger partial charge in [0.05, 0.1) is 18.7 Å². The maximum atomic E-state index is 12.9. The van der Waals surface area contributed by atoms with Gasteiger partial charge in [-0.3, -0.25) is 9.59 Å². The predicted molar refractivity (Wildman–Crippen MR) is 115 cm³/mol. The average molecular weight is 422 g/mol. The molecule has 2 aliphatic heterocycles. The summed E-state index contributed by atoms with van der Waals surface area (Å²) in [5, 5.41) is 3.63. The molecule has 6 nitrogen and oxygen atoms in total. The first-order valence-electron chi connectivity index (χ1n) is 10.5. The molecule has 2 heterocycles. The zero-order valence-electron chi connectivity index (χ0n) is 17.5. The molecule has 1 unspecified atom stereocenters. The summed E-state index contributed by atoms with van der Waals surface area (Å²) in [4.78, 5) is 29.5. The third-order valence-corrected chi connectivity index (χ3v) is 6.12. The van der Waals surface area contributed by atoms with Crippen LogP contribution in [0.25, 0.3) is 0 Å². The topological polar surface area (TPSA) is 61.9 Å². The number of hydrogen-bond donors (Lipinski definition) is 1. The minimum Gasteiger partial charge on any atom is -0.493 e. The van der Waals surface area contributed by atoms with Gasteiger partial charge in [-0.05, 0) is 58.0 Å². The Hall–Kier alpha value is -1.79. The maximum Gasteiger partial charge on any atom is 0.255 e. The Bertz CT molecular complexity index is 740. The molecular weight excluding hydrogens is 390 g/mol. The van der Waals surface area contributed by atoms with Gasteiger partial charge >= 0.3 is 0 Å². The predicted octanol–water partition coefficient (Wildman–Crippen LogP) is 3.19. The molecule has 2 aliphatic rings. The van der Waals surface area contributed by atoms with Crippen LogP contribution >= 0.6 is 11.6 Å². The molecule has 2 amide bonds. The van der Waals surface area contributed by atoms with E-state index in [0.29, 0.717) is 42.6 Å². The summed E-state index contributed by atoms with van der Waals surface area (Å²) < 4.78 is 5.83. The average Bonchev–Trinajstić information content (AvgIpc) is 2.68. The van der Waals surface area contributed by atoms with Crippen molar-refractivity contribution >= 4 is 23.4 Å². The molecule has 1 saturated heterocycles. The van der Waals surface area contributed by atoms with Crippen LogP contribution < -0.4 is 10.1 Å². The van der Waals surface area contributed by atoms with Crippen molar-refractivity contribution in [3.8, 4) is 5.75 Å². The van der Waals surface area contributed by atoms with E-state index < -0.39 is 0 Å². The molecule has 0 bridgehead atoms. The third-order valence-electron chi connectivity index (χ3n) is 5.88. The summed E-state index contributed by atoms with van der Waals surface area (Å²) in [5.74, 6) is 0.573. The lowest BCUT2D eigenvalue weighted by atomic mass is 9.75. The molecule has 29 heavy (non-hydrogen) atoms. The Balaban J connectivity index is 1.78. The van der Waals surface area contributed by atoms with Gasteiger partial charge in [0.25, 0.3) is 5.91 Å². The monoisotopic (exact) mass is 421 g/mol. The van der Waals surface area contributed by atoms with Crippen molar-refractivity contribution in [2.24, 2.45) is 5.41 Å². The standard InChI is InChI=1S/C22H32ClN3O3/c1-25(2)14-20(27)26-11-6-10-22(16-26)9-4-3-5-12-29-19-8-7-17(23)13-18(19)21(28)24-15-22/h7-8,13H,3-6,9-12,14-16H2,1-2H3,(H,24,28). The van der Waals surface area contributed by atoms with E-state index in [9.17, 15) is 9.59 Å². The van der Waals surface area contributed by atoms with Gasteiger partial charge in [0.15, 0.2) is 0 Å². The van der Waals surface area contributed by atoms with Crippen LogP contribution in [0, 0.1) is 5.41 Å². The van der Waals surface area contributed by atoms with Crippen molar-refractivity contribution in [1.82, 2.24) is 15.1 Å². The molecule has 3 rings (SSSR count). The summed E-state index contributed by atoms with van der Waals surface area (Å²) in [6.45, 7) is 3.07. The first-order chi connectivity index (χ1) is 13.9. The van der Waals surface area contributed by atoms with E-state index in [-0.39, 0.29) is 17.2 Å². The Kier molecular flexibility index (Phi) is 7.41. The van der Waals surface area contributed by atoms with E-state index in [2.05, 4.69) is 5.32 Å². The molecule has 7 heteroatoms. The molecule has 0 aliphatic carbocycles. The number of hydrogen-bond acceptors (Lipinski definition) is 4. The van der Waals surface area contributed by atoms with Crippen molar-refractivity contribution in [3.63, 3.8) is 0 Å². The largest absolute Gasteiger partial charge is 0.493 e. The van der Waals surface area contributed by atoms with E-state index in [1.165, 1.54) is 0 Å². The van der Waals surface area contributed by atoms with Gasteiger partial charge in [0.2, 0.25) is 5.91 Å². The summed E-state index contributed by atoms with van der Waals surface area (Å²) >= 11 is 6.12. The Labute approximate surface area is 178 Å². The van der Waals surface area contributed by atoms with E-state index in [4.69, 9.17) is 16.3 Å². The van der Waals surface area contributed by atoms with Crippen molar-refractivity contribution in [2.75, 3.05) is 46.9 Å². The van der Waals surface area contributed by atoms with Gasteiger partial charge in [-0.2, -0.15) is 0 Å². The number of halogens is 1. The Morgan fingerprint density at radius 1 is 1.24 bits per heavy atom. The van der Waals surface area contributed by atoms with E-state index in [0.717, 1.165) is 45.1 Å². The van der Waals surface area contributed by atoms with Crippen LogP contribution in [0.4, 0.5) is 0 Å². The molecule has 0 radical (unpaired) electrons. The number of amides is 2. The normalized spacial score (nSPS) is 23.6. The number of nitrogens with zero attached hydrogens (tertiary/aromatic N) is 2. The van der Waals surface area contributed by atoms with Crippen molar-refractivity contribution < 1.29 is 14.3 Å². The van der Waals surface area contributed by atoms with Crippen LogP contribution in [0.1, 0.15) is 48.9 Å². The fraction of sp³-hybridized carbons (Fsp3) is 0.636. The highest BCUT2D eigenvalue weighted by Gasteiger charge is 2.37.